The third-order valence-electron chi connectivity index (χ3n) is 3.35. The standard InChI is InChI=1S/C15H20BrN5/c1-4-13-19-14(9(2)15(20-13)21-17)18-10(3)11-6-5-7-12(16)8-11/h5-8,10H,4,17H2,1-3H3,(H2,18,19,20,21). The number of anilines is 2. The second-order valence-corrected chi connectivity index (χ2v) is 5.80. The Morgan fingerprint density at radius 1 is 1.29 bits per heavy atom. The van der Waals surface area contributed by atoms with Crippen LogP contribution in [0.25, 0.3) is 0 Å². The molecule has 0 aliphatic heterocycles. The lowest BCUT2D eigenvalue weighted by Crippen LogP contribution is -2.16. The molecule has 0 fully saturated rings. The van der Waals surface area contributed by atoms with Crippen LogP contribution in [0, 0.1) is 6.92 Å². The molecule has 0 bridgehead atoms. The van der Waals surface area contributed by atoms with Crippen molar-refractivity contribution < 1.29 is 0 Å². The molecule has 1 aromatic heterocycles. The largest absolute Gasteiger partial charge is 0.363 e. The molecule has 0 amide bonds. The average molecular weight is 350 g/mol. The summed E-state index contributed by atoms with van der Waals surface area (Å²) in [5.41, 5.74) is 4.73. The topological polar surface area (TPSA) is 75.9 Å². The van der Waals surface area contributed by atoms with Gasteiger partial charge in [0.2, 0.25) is 0 Å². The van der Waals surface area contributed by atoms with E-state index in [9.17, 15) is 0 Å². The Kier molecular flexibility index (Phi) is 5.14. The molecule has 0 spiro atoms. The van der Waals surface area contributed by atoms with Crippen molar-refractivity contribution in [1.29, 1.82) is 0 Å². The summed E-state index contributed by atoms with van der Waals surface area (Å²) in [6, 6.07) is 8.34. The van der Waals surface area contributed by atoms with E-state index in [1.54, 1.807) is 0 Å². The second-order valence-electron chi connectivity index (χ2n) is 4.88. The fourth-order valence-corrected chi connectivity index (χ4v) is 2.48. The first kappa shape index (κ1) is 15.7. The van der Waals surface area contributed by atoms with Gasteiger partial charge in [0.1, 0.15) is 17.5 Å². The summed E-state index contributed by atoms with van der Waals surface area (Å²) in [7, 11) is 0. The molecule has 21 heavy (non-hydrogen) atoms. The third-order valence-corrected chi connectivity index (χ3v) is 3.84. The van der Waals surface area contributed by atoms with Crippen molar-refractivity contribution in [1.82, 2.24) is 9.97 Å². The number of nitrogens with zero attached hydrogens (tertiary/aromatic N) is 2. The lowest BCUT2D eigenvalue weighted by molar-refractivity contribution is 0.850. The number of hydrogen-bond donors (Lipinski definition) is 3. The molecule has 0 aliphatic rings. The maximum absolute atomic E-state index is 5.53. The molecule has 4 N–H and O–H groups in total. The minimum Gasteiger partial charge on any atom is -0.363 e. The molecule has 112 valence electrons. The van der Waals surface area contributed by atoms with Crippen molar-refractivity contribution in [2.75, 3.05) is 10.7 Å². The first-order valence-corrected chi connectivity index (χ1v) is 7.70. The van der Waals surface area contributed by atoms with Gasteiger partial charge in [-0.15, -0.1) is 0 Å². The molecule has 0 saturated heterocycles. The van der Waals surface area contributed by atoms with Gasteiger partial charge >= 0.3 is 0 Å². The van der Waals surface area contributed by atoms with Gasteiger partial charge in [-0.1, -0.05) is 35.0 Å². The van der Waals surface area contributed by atoms with E-state index in [2.05, 4.69) is 55.7 Å². The van der Waals surface area contributed by atoms with E-state index in [1.165, 1.54) is 5.56 Å². The summed E-state index contributed by atoms with van der Waals surface area (Å²) in [4.78, 5) is 8.93. The molecule has 0 saturated carbocycles. The van der Waals surface area contributed by atoms with E-state index in [0.717, 1.165) is 28.1 Å². The van der Waals surface area contributed by atoms with Crippen LogP contribution in [-0.2, 0) is 6.42 Å². The zero-order valence-corrected chi connectivity index (χ0v) is 14.0. The first-order chi connectivity index (χ1) is 10.0. The number of aromatic nitrogens is 2. The molecule has 2 rings (SSSR count). The smallest absolute Gasteiger partial charge is 0.148 e. The van der Waals surface area contributed by atoms with Crippen LogP contribution in [0.4, 0.5) is 11.6 Å². The zero-order chi connectivity index (χ0) is 15.4. The third kappa shape index (κ3) is 3.71. The maximum Gasteiger partial charge on any atom is 0.148 e. The number of hydrogen-bond acceptors (Lipinski definition) is 5. The number of benzene rings is 1. The van der Waals surface area contributed by atoms with Gasteiger partial charge in [-0.3, -0.25) is 0 Å². The van der Waals surface area contributed by atoms with Crippen molar-refractivity contribution in [3.05, 3.63) is 45.7 Å². The normalized spacial score (nSPS) is 12.0. The van der Waals surface area contributed by atoms with Crippen molar-refractivity contribution >= 4 is 27.6 Å². The molecular formula is C15H20BrN5. The van der Waals surface area contributed by atoms with E-state index < -0.39 is 0 Å². The van der Waals surface area contributed by atoms with E-state index in [1.807, 2.05) is 26.0 Å². The van der Waals surface area contributed by atoms with E-state index >= 15 is 0 Å². The minimum atomic E-state index is 0.131. The van der Waals surface area contributed by atoms with Crippen LogP contribution in [0.5, 0.6) is 0 Å². The van der Waals surface area contributed by atoms with Gasteiger partial charge in [0.05, 0.1) is 0 Å². The Morgan fingerprint density at radius 3 is 2.62 bits per heavy atom. The molecule has 2 aromatic rings. The SMILES string of the molecule is CCc1nc(NN)c(C)c(NC(C)c2cccc(Br)c2)n1. The van der Waals surface area contributed by atoms with Crippen LogP contribution < -0.4 is 16.6 Å². The highest BCUT2D eigenvalue weighted by molar-refractivity contribution is 9.10. The molecule has 0 radical (unpaired) electrons. The number of nitrogens with one attached hydrogen (secondary N) is 2. The molecule has 0 aliphatic carbocycles. The predicted molar refractivity (Wildman–Crippen MR) is 90.1 cm³/mol. The van der Waals surface area contributed by atoms with Gasteiger partial charge in [-0.05, 0) is 31.5 Å². The van der Waals surface area contributed by atoms with E-state index in [-0.39, 0.29) is 6.04 Å². The van der Waals surface area contributed by atoms with Crippen molar-refractivity contribution in [3.63, 3.8) is 0 Å². The van der Waals surface area contributed by atoms with Gasteiger partial charge < -0.3 is 10.7 Å². The molecule has 6 heteroatoms. The number of nitrogens with two attached hydrogens (primary N) is 1. The van der Waals surface area contributed by atoms with Crippen molar-refractivity contribution in [2.45, 2.75) is 33.2 Å². The zero-order valence-electron chi connectivity index (χ0n) is 12.4. The summed E-state index contributed by atoms with van der Waals surface area (Å²) in [6.45, 7) is 6.07. The summed E-state index contributed by atoms with van der Waals surface area (Å²) in [5.74, 6) is 7.76. The van der Waals surface area contributed by atoms with Crippen LogP contribution in [-0.4, -0.2) is 9.97 Å². The molecule has 1 unspecified atom stereocenters. The molecule has 1 atom stereocenters. The number of aryl methyl sites for hydroxylation is 1. The van der Waals surface area contributed by atoms with Crippen LogP contribution in [0.3, 0.4) is 0 Å². The Labute approximate surface area is 133 Å². The lowest BCUT2D eigenvalue weighted by Gasteiger charge is -2.18. The summed E-state index contributed by atoms with van der Waals surface area (Å²) in [6.07, 6.45) is 0.759. The van der Waals surface area contributed by atoms with Gasteiger partial charge in [0, 0.05) is 22.5 Å². The highest BCUT2D eigenvalue weighted by atomic mass is 79.9. The molecule has 5 nitrogen and oxygen atoms in total. The second kappa shape index (κ2) is 6.87. The van der Waals surface area contributed by atoms with Gasteiger partial charge in [0.15, 0.2) is 0 Å². The highest BCUT2D eigenvalue weighted by Crippen LogP contribution is 2.25. The van der Waals surface area contributed by atoms with Crippen LogP contribution in [0.2, 0.25) is 0 Å². The quantitative estimate of drug-likeness (QED) is 0.568. The Hall–Kier alpha value is -1.66. The summed E-state index contributed by atoms with van der Waals surface area (Å²) in [5, 5.41) is 3.44. The summed E-state index contributed by atoms with van der Waals surface area (Å²) >= 11 is 3.50. The Bertz CT molecular complexity index is 629. The van der Waals surface area contributed by atoms with Crippen LogP contribution >= 0.6 is 15.9 Å². The number of nitrogen functional groups attached to an aromatic ring is 1. The van der Waals surface area contributed by atoms with Gasteiger partial charge in [-0.2, -0.15) is 0 Å². The number of hydrazine groups is 1. The first-order valence-electron chi connectivity index (χ1n) is 6.91. The molecule has 1 heterocycles. The lowest BCUT2D eigenvalue weighted by atomic mass is 10.1. The summed E-state index contributed by atoms with van der Waals surface area (Å²) < 4.78 is 1.06. The fraction of sp³-hybridized carbons (Fsp3) is 0.333. The Balaban J connectivity index is 2.30. The average Bonchev–Trinajstić information content (AvgIpc) is 2.49. The van der Waals surface area contributed by atoms with Gasteiger partial charge in [0.25, 0.3) is 0 Å². The molecular weight excluding hydrogens is 330 g/mol. The number of halogens is 1. The van der Waals surface area contributed by atoms with Crippen LogP contribution in [0.15, 0.2) is 28.7 Å². The van der Waals surface area contributed by atoms with Crippen molar-refractivity contribution in [3.8, 4) is 0 Å². The number of rotatable bonds is 5. The van der Waals surface area contributed by atoms with Crippen molar-refractivity contribution in [2.24, 2.45) is 5.84 Å². The van der Waals surface area contributed by atoms with Crippen LogP contribution in [0.1, 0.15) is 36.8 Å². The highest BCUT2D eigenvalue weighted by Gasteiger charge is 2.13. The monoisotopic (exact) mass is 349 g/mol. The minimum absolute atomic E-state index is 0.131. The Morgan fingerprint density at radius 2 is 2.00 bits per heavy atom. The van der Waals surface area contributed by atoms with E-state index in [4.69, 9.17) is 5.84 Å². The maximum atomic E-state index is 5.53. The van der Waals surface area contributed by atoms with Gasteiger partial charge in [-0.25, -0.2) is 15.8 Å². The van der Waals surface area contributed by atoms with E-state index in [0.29, 0.717) is 5.82 Å². The fourth-order valence-electron chi connectivity index (χ4n) is 2.07. The predicted octanol–water partition coefficient (Wildman–Crippen LogP) is 3.57. The molecule has 1 aromatic carbocycles.